The van der Waals surface area contributed by atoms with E-state index in [-0.39, 0.29) is 11.7 Å². The summed E-state index contributed by atoms with van der Waals surface area (Å²) in [5.41, 5.74) is 2.15. The second kappa shape index (κ2) is 9.23. The van der Waals surface area contributed by atoms with Gasteiger partial charge < -0.3 is 14.3 Å². The lowest BCUT2D eigenvalue weighted by Gasteiger charge is -2.10. The molecule has 2 heterocycles. The smallest absolute Gasteiger partial charge is 0.230 e. The molecule has 0 aliphatic heterocycles. The summed E-state index contributed by atoms with van der Waals surface area (Å²) >= 11 is 1.38. The highest BCUT2D eigenvalue weighted by atomic mass is 32.2. The van der Waals surface area contributed by atoms with Crippen LogP contribution in [-0.4, -0.2) is 33.0 Å². The third-order valence-corrected chi connectivity index (χ3v) is 5.03. The number of hydrogen-bond donors (Lipinski definition) is 1. The lowest BCUT2D eigenvalue weighted by atomic mass is 10.1. The van der Waals surface area contributed by atoms with E-state index in [1.165, 1.54) is 17.3 Å². The van der Waals surface area contributed by atoms with Gasteiger partial charge in [0.25, 0.3) is 0 Å². The van der Waals surface area contributed by atoms with Gasteiger partial charge in [0.15, 0.2) is 11.0 Å². The van der Waals surface area contributed by atoms with Crippen molar-refractivity contribution in [2.75, 3.05) is 12.3 Å². The molecule has 0 fully saturated rings. The van der Waals surface area contributed by atoms with E-state index in [0.29, 0.717) is 13.1 Å². The fourth-order valence-electron chi connectivity index (χ4n) is 2.67. The number of carbonyl (C=O) groups excluding carboxylic acids is 1. The maximum Gasteiger partial charge on any atom is 0.230 e. The van der Waals surface area contributed by atoms with Crippen molar-refractivity contribution in [3.8, 4) is 11.4 Å². The van der Waals surface area contributed by atoms with Crippen molar-refractivity contribution < 1.29 is 9.21 Å². The van der Waals surface area contributed by atoms with Gasteiger partial charge in [-0.25, -0.2) is 0 Å². The molecule has 1 amide bonds. The van der Waals surface area contributed by atoms with Crippen molar-refractivity contribution >= 4 is 17.7 Å². The number of aryl methyl sites for hydroxylation is 2. The minimum Gasteiger partial charge on any atom is -0.469 e. The van der Waals surface area contributed by atoms with Crippen molar-refractivity contribution in [3.05, 3.63) is 66.6 Å². The van der Waals surface area contributed by atoms with Crippen LogP contribution in [0, 0.1) is 6.92 Å². The number of amides is 1. The van der Waals surface area contributed by atoms with E-state index < -0.39 is 0 Å². The van der Waals surface area contributed by atoms with Crippen molar-refractivity contribution in [1.82, 2.24) is 20.1 Å². The van der Waals surface area contributed by atoms with Gasteiger partial charge in [-0.2, -0.15) is 0 Å². The molecular formula is C20H22N4O2S. The number of benzene rings is 1. The molecule has 0 saturated heterocycles. The number of rotatable bonds is 9. The summed E-state index contributed by atoms with van der Waals surface area (Å²) in [6.45, 7) is 6.68. The zero-order valence-corrected chi connectivity index (χ0v) is 16.0. The van der Waals surface area contributed by atoms with Crippen LogP contribution in [0.2, 0.25) is 0 Å². The Balaban J connectivity index is 1.80. The SMILES string of the molecule is C=CCNC(=O)CSc1nnc(-c2ccoc2C)n1CCc1ccccc1. The first-order chi connectivity index (χ1) is 13.2. The van der Waals surface area contributed by atoms with Gasteiger partial charge in [-0.15, -0.1) is 16.8 Å². The number of carbonyl (C=O) groups is 1. The van der Waals surface area contributed by atoms with Gasteiger partial charge in [0.1, 0.15) is 5.76 Å². The van der Waals surface area contributed by atoms with E-state index in [1.807, 2.05) is 31.2 Å². The summed E-state index contributed by atoms with van der Waals surface area (Å²) < 4.78 is 7.48. The molecule has 140 valence electrons. The molecule has 0 aliphatic carbocycles. The molecule has 7 heteroatoms. The third kappa shape index (κ3) is 4.89. The molecular weight excluding hydrogens is 360 g/mol. The third-order valence-electron chi connectivity index (χ3n) is 4.06. The maximum absolute atomic E-state index is 11.9. The first kappa shape index (κ1) is 19.0. The fraction of sp³-hybridized carbons (Fsp3) is 0.250. The molecule has 0 bridgehead atoms. The van der Waals surface area contributed by atoms with Gasteiger partial charge in [-0.1, -0.05) is 48.2 Å². The Morgan fingerprint density at radius 1 is 1.30 bits per heavy atom. The van der Waals surface area contributed by atoms with Crippen LogP contribution in [0.1, 0.15) is 11.3 Å². The summed E-state index contributed by atoms with van der Waals surface area (Å²) in [5, 5.41) is 12.2. The van der Waals surface area contributed by atoms with Crippen LogP contribution in [-0.2, 0) is 17.8 Å². The van der Waals surface area contributed by atoms with Gasteiger partial charge in [0.05, 0.1) is 17.6 Å². The van der Waals surface area contributed by atoms with Crippen molar-refractivity contribution in [2.45, 2.75) is 25.0 Å². The van der Waals surface area contributed by atoms with Crippen molar-refractivity contribution in [2.24, 2.45) is 0 Å². The zero-order valence-electron chi connectivity index (χ0n) is 15.2. The topological polar surface area (TPSA) is 73.0 Å². The number of aromatic nitrogens is 3. The predicted octanol–water partition coefficient (Wildman–Crippen LogP) is 3.48. The van der Waals surface area contributed by atoms with Crippen LogP contribution < -0.4 is 5.32 Å². The summed E-state index contributed by atoms with van der Waals surface area (Å²) in [4.78, 5) is 11.9. The number of thioether (sulfide) groups is 1. The van der Waals surface area contributed by atoms with Crippen LogP contribution in [0.3, 0.4) is 0 Å². The van der Waals surface area contributed by atoms with E-state index in [0.717, 1.165) is 28.7 Å². The molecule has 27 heavy (non-hydrogen) atoms. The highest BCUT2D eigenvalue weighted by Gasteiger charge is 2.18. The van der Waals surface area contributed by atoms with E-state index in [1.54, 1.807) is 12.3 Å². The summed E-state index contributed by atoms with van der Waals surface area (Å²) in [6, 6.07) is 12.2. The molecule has 0 radical (unpaired) electrons. The summed E-state index contributed by atoms with van der Waals surface area (Å²) in [6.07, 6.45) is 4.15. The van der Waals surface area contributed by atoms with Crippen molar-refractivity contribution in [1.29, 1.82) is 0 Å². The molecule has 0 aliphatic rings. The first-order valence-electron chi connectivity index (χ1n) is 8.71. The average molecular weight is 382 g/mol. The van der Waals surface area contributed by atoms with Gasteiger partial charge in [0.2, 0.25) is 5.91 Å². The summed E-state index contributed by atoms with van der Waals surface area (Å²) in [7, 11) is 0. The maximum atomic E-state index is 11.9. The Morgan fingerprint density at radius 3 is 2.81 bits per heavy atom. The largest absolute Gasteiger partial charge is 0.469 e. The number of hydrogen-bond acceptors (Lipinski definition) is 5. The molecule has 1 N–H and O–H groups in total. The molecule has 2 aromatic heterocycles. The molecule has 0 spiro atoms. The Kier molecular flexibility index (Phi) is 6.49. The normalized spacial score (nSPS) is 10.7. The average Bonchev–Trinajstić information content (AvgIpc) is 3.29. The van der Waals surface area contributed by atoms with Crippen LogP contribution in [0.4, 0.5) is 0 Å². The molecule has 0 atom stereocenters. The highest BCUT2D eigenvalue weighted by molar-refractivity contribution is 7.99. The molecule has 3 aromatic rings. The van der Waals surface area contributed by atoms with Crippen LogP contribution in [0.25, 0.3) is 11.4 Å². The molecule has 3 rings (SSSR count). The molecule has 1 aromatic carbocycles. The lowest BCUT2D eigenvalue weighted by Crippen LogP contribution is -2.25. The second-order valence-electron chi connectivity index (χ2n) is 5.97. The Labute approximate surface area is 162 Å². The van der Waals surface area contributed by atoms with E-state index >= 15 is 0 Å². The van der Waals surface area contributed by atoms with E-state index in [2.05, 4.69) is 38.8 Å². The zero-order chi connectivity index (χ0) is 19.1. The van der Waals surface area contributed by atoms with Gasteiger partial charge in [-0.05, 0) is 25.0 Å². The van der Waals surface area contributed by atoms with Crippen LogP contribution in [0.5, 0.6) is 0 Å². The number of nitrogens with zero attached hydrogens (tertiary/aromatic N) is 3. The van der Waals surface area contributed by atoms with E-state index in [9.17, 15) is 4.79 Å². The number of nitrogens with one attached hydrogen (secondary N) is 1. The van der Waals surface area contributed by atoms with Crippen LogP contribution >= 0.6 is 11.8 Å². The van der Waals surface area contributed by atoms with Gasteiger partial charge in [-0.3, -0.25) is 4.79 Å². The van der Waals surface area contributed by atoms with Gasteiger partial charge in [0, 0.05) is 13.1 Å². The molecule has 0 saturated carbocycles. The second-order valence-corrected chi connectivity index (χ2v) is 6.91. The Bertz CT molecular complexity index is 902. The van der Waals surface area contributed by atoms with Crippen LogP contribution in [0.15, 0.2) is 64.9 Å². The first-order valence-corrected chi connectivity index (χ1v) is 9.69. The van der Waals surface area contributed by atoms with Gasteiger partial charge >= 0.3 is 0 Å². The lowest BCUT2D eigenvalue weighted by molar-refractivity contribution is -0.118. The highest BCUT2D eigenvalue weighted by Crippen LogP contribution is 2.27. The molecule has 0 unspecified atom stereocenters. The summed E-state index contributed by atoms with van der Waals surface area (Å²) in [5.74, 6) is 1.77. The molecule has 6 nitrogen and oxygen atoms in total. The fourth-order valence-corrected chi connectivity index (χ4v) is 3.46. The minimum absolute atomic E-state index is 0.0569. The minimum atomic E-state index is -0.0569. The Hall–Kier alpha value is -2.80. The van der Waals surface area contributed by atoms with Crippen molar-refractivity contribution in [3.63, 3.8) is 0 Å². The Morgan fingerprint density at radius 2 is 2.11 bits per heavy atom. The monoisotopic (exact) mass is 382 g/mol. The van der Waals surface area contributed by atoms with E-state index in [4.69, 9.17) is 4.42 Å². The number of furan rings is 1. The quantitative estimate of drug-likeness (QED) is 0.453. The standard InChI is InChI=1S/C20H22N4O2S/c1-3-11-21-18(25)14-27-20-23-22-19(17-10-13-26-15(17)2)24(20)12-9-16-7-5-4-6-8-16/h3-8,10,13H,1,9,11-12,14H2,2H3,(H,21,25). The predicted molar refractivity (Wildman–Crippen MR) is 107 cm³/mol.